The molecule has 1 aliphatic rings. The Bertz CT molecular complexity index is 525. The average Bonchev–Trinajstić information content (AvgIpc) is 2.84. The van der Waals surface area contributed by atoms with Crippen molar-refractivity contribution in [1.82, 2.24) is 0 Å². The fourth-order valence-corrected chi connectivity index (χ4v) is 2.75. The van der Waals surface area contributed by atoms with Crippen molar-refractivity contribution in [2.45, 2.75) is 19.3 Å². The number of nitrogens with zero attached hydrogens (tertiary/aromatic N) is 2. The van der Waals surface area contributed by atoms with Gasteiger partial charge in [0.05, 0.1) is 22.3 Å². The lowest BCUT2D eigenvalue weighted by molar-refractivity contribution is -0.137. The predicted molar refractivity (Wildman–Crippen MR) is 73.4 cm³/mol. The number of hydrogen-bond donors (Lipinski definition) is 1. The van der Waals surface area contributed by atoms with E-state index in [9.17, 15) is 4.79 Å². The number of halogens is 1. The Labute approximate surface area is 117 Å². The van der Waals surface area contributed by atoms with Crippen LogP contribution in [0.25, 0.3) is 0 Å². The molecule has 1 unspecified atom stereocenters. The molecule has 0 spiro atoms. The van der Waals surface area contributed by atoms with Gasteiger partial charge in [-0.15, -0.1) is 0 Å². The molecule has 0 aromatic heterocycles. The normalized spacial score (nSPS) is 18.3. The summed E-state index contributed by atoms with van der Waals surface area (Å²) >= 11 is 6.18. The third-order valence-electron chi connectivity index (χ3n) is 3.47. The number of rotatable bonds is 4. The van der Waals surface area contributed by atoms with Crippen molar-refractivity contribution in [3.8, 4) is 6.07 Å². The molecule has 0 bridgehead atoms. The third kappa shape index (κ3) is 3.39. The van der Waals surface area contributed by atoms with Crippen LogP contribution in [0.3, 0.4) is 0 Å². The van der Waals surface area contributed by atoms with E-state index in [1.54, 1.807) is 12.1 Å². The molecule has 5 heteroatoms. The van der Waals surface area contributed by atoms with Crippen molar-refractivity contribution >= 4 is 23.3 Å². The minimum absolute atomic E-state index is 0.222. The van der Waals surface area contributed by atoms with Crippen molar-refractivity contribution in [3.05, 3.63) is 28.8 Å². The van der Waals surface area contributed by atoms with Gasteiger partial charge in [0, 0.05) is 19.5 Å². The van der Waals surface area contributed by atoms with Gasteiger partial charge in [-0.2, -0.15) is 5.26 Å². The van der Waals surface area contributed by atoms with Crippen LogP contribution in [-0.2, 0) is 4.79 Å². The topological polar surface area (TPSA) is 64.3 Å². The van der Waals surface area contributed by atoms with Crippen LogP contribution in [-0.4, -0.2) is 24.2 Å². The molecule has 100 valence electrons. The third-order valence-corrected chi connectivity index (χ3v) is 3.77. The quantitative estimate of drug-likeness (QED) is 0.920. The highest BCUT2D eigenvalue weighted by molar-refractivity contribution is 6.33. The van der Waals surface area contributed by atoms with Crippen molar-refractivity contribution in [3.63, 3.8) is 0 Å². The van der Waals surface area contributed by atoms with E-state index < -0.39 is 5.97 Å². The highest BCUT2D eigenvalue weighted by atomic mass is 35.5. The first-order valence-electron chi connectivity index (χ1n) is 6.26. The van der Waals surface area contributed by atoms with Crippen molar-refractivity contribution in [1.29, 1.82) is 5.26 Å². The maximum absolute atomic E-state index is 10.6. The summed E-state index contributed by atoms with van der Waals surface area (Å²) in [4.78, 5) is 12.7. The molecule has 0 saturated carbocycles. The first-order chi connectivity index (χ1) is 9.10. The van der Waals surface area contributed by atoms with E-state index >= 15 is 0 Å². The summed E-state index contributed by atoms with van der Waals surface area (Å²) in [5, 5.41) is 18.1. The number of anilines is 1. The number of aliphatic carboxylic acids is 1. The number of carboxylic acids is 1. The summed E-state index contributed by atoms with van der Waals surface area (Å²) in [6.07, 6.45) is 1.92. The fourth-order valence-electron chi connectivity index (χ4n) is 2.45. The van der Waals surface area contributed by atoms with Gasteiger partial charge in [-0.3, -0.25) is 4.79 Å². The molecular weight excluding hydrogens is 264 g/mol. The van der Waals surface area contributed by atoms with Crippen molar-refractivity contribution in [2.24, 2.45) is 5.92 Å². The van der Waals surface area contributed by atoms with E-state index in [0.717, 1.165) is 25.2 Å². The van der Waals surface area contributed by atoms with Gasteiger partial charge in [-0.05, 0) is 37.0 Å². The number of benzene rings is 1. The molecule has 0 radical (unpaired) electrons. The van der Waals surface area contributed by atoms with Gasteiger partial charge in [-0.25, -0.2) is 0 Å². The molecule has 1 atom stereocenters. The van der Waals surface area contributed by atoms with Gasteiger partial charge in [0.15, 0.2) is 0 Å². The average molecular weight is 279 g/mol. The van der Waals surface area contributed by atoms with Gasteiger partial charge < -0.3 is 10.0 Å². The number of nitriles is 1. The van der Waals surface area contributed by atoms with E-state index in [2.05, 4.69) is 11.0 Å². The first kappa shape index (κ1) is 13.7. The Kier molecular flexibility index (Phi) is 4.28. The largest absolute Gasteiger partial charge is 0.481 e. The molecule has 1 saturated heterocycles. The Hall–Kier alpha value is -1.73. The second kappa shape index (κ2) is 5.94. The van der Waals surface area contributed by atoms with E-state index in [1.807, 2.05) is 6.07 Å². The minimum Gasteiger partial charge on any atom is -0.481 e. The molecule has 1 aliphatic heterocycles. The molecule has 0 aliphatic carbocycles. The van der Waals surface area contributed by atoms with Gasteiger partial charge in [0.1, 0.15) is 0 Å². The molecule has 0 amide bonds. The van der Waals surface area contributed by atoms with Crippen LogP contribution >= 0.6 is 11.6 Å². The van der Waals surface area contributed by atoms with Crippen LogP contribution in [0.1, 0.15) is 24.8 Å². The van der Waals surface area contributed by atoms with Crippen LogP contribution in [0.5, 0.6) is 0 Å². The second-order valence-corrected chi connectivity index (χ2v) is 5.22. The molecule has 1 N–H and O–H groups in total. The highest BCUT2D eigenvalue weighted by Crippen LogP contribution is 2.32. The highest BCUT2D eigenvalue weighted by Gasteiger charge is 2.24. The van der Waals surface area contributed by atoms with Crippen LogP contribution in [0.2, 0.25) is 5.02 Å². The summed E-state index contributed by atoms with van der Waals surface area (Å²) in [6, 6.07) is 7.34. The molecule has 1 fully saturated rings. The molecular formula is C14H15ClN2O2. The molecule has 4 nitrogen and oxygen atoms in total. The van der Waals surface area contributed by atoms with E-state index in [-0.39, 0.29) is 6.42 Å². The summed E-state index contributed by atoms with van der Waals surface area (Å²) in [6.45, 7) is 1.72. The van der Waals surface area contributed by atoms with E-state index in [4.69, 9.17) is 22.0 Å². The van der Waals surface area contributed by atoms with Gasteiger partial charge >= 0.3 is 5.97 Å². The van der Waals surface area contributed by atoms with Crippen LogP contribution in [0, 0.1) is 17.2 Å². The zero-order valence-corrected chi connectivity index (χ0v) is 11.2. The SMILES string of the molecule is N#Cc1ccc(N2CCC(CCC(=O)O)C2)c(Cl)c1. The van der Waals surface area contributed by atoms with Crippen LogP contribution < -0.4 is 4.90 Å². The van der Waals surface area contributed by atoms with Crippen LogP contribution in [0.15, 0.2) is 18.2 Å². The van der Waals surface area contributed by atoms with Crippen LogP contribution in [0.4, 0.5) is 5.69 Å². The van der Waals surface area contributed by atoms with Crippen molar-refractivity contribution in [2.75, 3.05) is 18.0 Å². The van der Waals surface area contributed by atoms with E-state index in [1.165, 1.54) is 0 Å². The summed E-state index contributed by atoms with van der Waals surface area (Å²) in [5.41, 5.74) is 1.48. The summed E-state index contributed by atoms with van der Waals surface area (Å²) in [5.74, 6) is -0.335. The lowest BCUT2D eigenvalue weighted by Crippen LogP contribution is -2.20. The first-order valence-corrected chi connectivity index (χ1v) is 6.64. The lowest BCUT2D eigenvalue weighted by atomic mass is 10.0. The second-order valence-electron chi connectivity index (χ2n) is 4.81. The molecule has 1 heterocycles. The smallest absolute Gasteiger partial charge is 0.303 e. The minimum atomic E-state index is -0.741. The molecule has 1 aromatic carbocycles. The maximum atomic E-state index is 10.6. The standard InChI is InChI=1S/C14H15ClN2O2/c15-12-7-11(8-16)1-3-13(12)17-6-5-10(9-17)2-4-14(18)19/h1,3,7,10H,2,4-6,9H2,(H,18,19). The van der Waals surface area contributed by atoms with Gasteiger partial charge in [0.25, 0.3) is 0 Å². The Morgan fingerprint density at radius 3 is 3.00 bits per heavy atom. The Morgan fingerprint density at radius 2 is 2.37 bits per heavy atom. The molecule has 1 aromatic rings. The predicted octanol–water partition coefficient (Wildman–Crippen LogP) is 2.90. The van der Waals surface area contributed by atoms with Gasteiger partial charge in [-0.1, -0.05) is 11.6 Å². The maximum Gasteiger partial charge on any atom is 0.303 e. The fraction of sp³-hybridized carbons (Fsp3) is 0.429. The lowest BCUT2D eigenvalue weighted by Gasteiger charge is -2.20. The van der Waals surface area contributed by atoms with Crippen molar-refractivity contribution < 1.29 is 9.90 Å². The molecule has 2 rings (SSSR count). The van der Waals surface area contributed by atoms with E-state index in [0.29, 0.717) is 22.9 Å². The number of carboxylic acid groups (broad SMARTS) is 1. The Morgan fingerprint density at radius 1 is 1.58 bits per heavy atom. The molecule has 19 heavy (non-hydrogen) atoms. The zero-order chi connectivity index (χ0) is 13.8. The van der Waals surface area contributed by atoms with Gasteiger partial charge in [0.2, 0.25) is 0 Å². The zero-order valence-electron chi connectivity index (χ0n) is 10.5. The number of carbonyl (C=O) groups is 1. The Balaban J connectivity index is 2.01. The monoisotopic (exact) mass is 278 g/mol. The number of hydrogen-bond acceptors (Lipinski definition) is 3. The summed E-state index contributed by atoms with van der Waals surface area (Å²) in [7, 11) is 0. The summed E-state index contributed by atoms with van der Waals surface area (Å²) < 4.78 is 0.